The van der Waals surface area contributed by atoms with Gasteiger partial charge in [0.05, 0.1) is 10.5 Å². The Kier molecular flexibility index (Phi) is 2.41. The largest absolute Gasteiger partial charge is 0.357 e. The van der Waals surface area contributed by atoms with Crippen molar-refractivity contribution in [1.82, 2.24) is 10.3 Å². The van der Waals surface area contributed by atoms with Gasteiger partial charge in [0.1, 0.15) is 0 Å². The van der Waals surface area contributed by atoms with Crippen LogP contribution in [0.15, 0.2) is 18.2 Å². The van der Waals surface area contributed by atoms with Crippen LogP contribution in [0.1, 0.15) is 17.7 Å². The molecule has 1 aliphatic rings. The molecule has 1 unspecified atom stereocenters. The van der Waals surface area contributed by atoms with Gasteiger partial charge < -0.3 is 10.3 Å². The number of rotatable bonds is 1. The highest BCUT2D eigenvalue weighted by atomic mass is 35.5. The van der Waals surface area contributed by atoms with E-state index in [0.717, 1.165) is 23.4 Å². The summed E-state index contributed by atoms with van der Waals surface area (Å²) in [5.74, 6) is 0. The van der Waals surface area contributed by atoms with Crippen molar-refractivity contribution in [2.24, 2.45) is 0 Å². The molecule has 0 fully saturated rings. The van der Waals surface area contributed by atoms with Crippen LogP contribution in [0.25, 0.3) is 10.9 Å². The van der Waals surface area contributed by atoms with Crippen LogP contribution in [0.2, 0.25) is 5.02 Å². The van der Waals surface area contributed by atoms with Crippen LogP contribution >= 0.6 is 11.6 Å². The van der Waals surface area contributed by atoms with Crippen LogP contribution < -0.4 is 5.32 Å². The molecule has 84 valence electrons. The third kappa shape index (κ3) is 1.45. The number of para-hydroxylation sites is 1. The molecule has 1 heterocycles. The first-order chi connectivity index (χ1) is 7.79. The van der Waals surface area contributed by atoms with Gasteiger partial charge in [0.2, 0.25) is 0 Å². The van der Waals surface area contributed by atoms with Crippen molar-refractivity contribution in [3.8, 4) is 0 Å². The van der Waals surface area contributed by atoms with E-state index < -0.39 is 0 Å². The van der Waals surface area contributed by atoms with Crippen molar-refractivity contribution in [1.29, 1.82) is 0 Å². The standard InChI is InChI=1S/C13H15ClN2/c1-15-8-5-6-12-10(7-8)9-3-2-4-11(14)13(9)16-12/h2-4,8,15-16H,5-7H2,1H3. The number of H-pyrrole nitrogens is 1. The average molecular weight is 235 g/mol. The van der Waals surface area contributed by atoms with Gasteiger partial charge in [-0.25, -0.2) is 0 Å². The fraction of sp³-hybridized carbons (Fsp3) is 0.385. The minimum Gasteiger partial charge on any atom is -0.357 e. The zero-order valence-corrected chi connectivity index (χ0v) is 10.1. The van der Waals surface area contributed by atoms with Gasteiger partial charge in [-0.05, 0) is 37.9 Å². The normalized spacial score (nSPS) is 20.0. The lowest BCUT2D eigenvalue weighted by atomic mass is 9.91. The fourth-order valence-electron chi connectivity index (χ4n) is 2.65. The van der Waals surface area contributed by atoms with Gasteiger partial charge in [0, 0.05) is 17.1 Å². The summed E-state index contributed by atoms with van der Waals surface area (Å²) in [6, 6.07) is 6.74. The number of benzene rings is 1. The predicted octanol–water partition coefficient (Wildman–Crippen LogP) is 2.90. The van der Waals surface area contributed by atoms with E-state index >= 15 is 0 Å². The summed E-state index contributed by atoms with van der Waals surface area (Å²) in [5, 5.41) is 5.49. The van der Waals surface area contributed by atoms with E-state index in [0.29, 0.717) is 6.04 Å². The Morgan fingerprint density at radius 1 is 1.44 bits per heavy atom. The molecule has 2 aromatic rings. The summed E-state index contributed by atoms with van der Waals surface area (Å²) in [4.78, 5) is 3.47. The van der Waals surface area contributed by atoms with E-state index in [9.17, 15) is 0 Å². The van der Waals surface area contributed by atoms with Crippen LogP contribution in [0.4, 0.5) is 0 Å². The molecule has 1 aromatic carbocycles. The lowest BCUT2D eigenvalue weighted by molar-refractivity contribution is 0.495. The first kappa shape index (κ1) is 10.2. The highest BCUT2D eigenvalue weighted by Gasteiger charge is 2.21. The number of hydrogen-bond donors (Lipinski definition) is 2. The lowest BCUT2D eigenvalue weighted by Gasteiger charge is -2.21. The number of halogens is 1. The topological polar surface area (TPSA) is 27.8 Å². The smallest absolute Gasteiger partial charge is 0.0648 e. The summed E-state index contributed by atoms with van der Waals surface area (Å²) in [6.07, 6.45) is 3.42. The van der Waals surface area contributed by atoms with E-state index in [-0.39, 0.29) is 0 Å². The molecule has 0 amide bonds. The fourth-order valence-corrected chi connectivity index (χ4v) is 2.87. The van der Waals surface area contributed by atoms with Crippen molar-refractivity contribution >= 4 is 22.5 Å². The maximum absolute atomic E-state index is 6.20. The van der Waals surface area contributed by atoms with Gasteiger partial charge in [-0.3, -0.25) is 0 Å². The molecule has 0 saturated heterocycles. The second kappa shape index (κ2) is 3.79. The second-order valence-electron chi connectivity index (χ2n) is 4.47. The molecule has 0 bridgehead atoms. The number of aromatic amines is 1. The van der Waals surface area contributed by atoms with Gasteiger partial charge in [0.15, 0.2) is 0 Å². The van der Waals surface area contributed by atoms with Gasteiger partial charge >= 0.3 is 0 Å². The lowest BCUT2D eigenvalue weighted by Crippen LogP contribution is -2.31. The minimum absolute atomic E-state index is 0.602. The van der Waals surface area contributed by atoms with Crippen molar-refractivity contribution in [2.45, 2.75) is 25.3 Å². The van der Waals surface area contributed by atoms with Crippen LogP contribution in [0, 0.1) is 0 Å². The molecule has 2 N–H and O–H groups in total. The monoisotopic (exact) mass is 234 g/mol. The van der Waals surface area contributed by atoms with Crippen LogP contribution in [-0.4, -0.2) is 18.1 Å². The van der Waals surface area contributed by atoms with Crippen molar-refractivity contribution < 1.29 is 0 Å². The molecule has 0 radical (unpaired) electrons. The minimum atomic E-state index is 0.602. The Morgan fingerprint density at radius 3 is 3.12 bits per heavy atom. The summed E-state index contributed by atoms with van der Waals surface area (Å²) in [6.45, 7) is 0. The predicted molar refractivity (Wildman–Crippen MR) is 68.2 cm³/mol. The molecule has 1 atom stereocenters. The van der Waals surface area contributed by atoms with E-state index in [4.69, 9.17) is 11.6 Å². The molecule has 3 rings (SSSR count). The number of aromatic nitrogens is 1. The van der Waals surface area contributed by atoms with Crippen molar-refractivity contribution in [3.63, 3.8) is 0 Å². The highest BCUT2D eigenvalue weighted by molar-refractivity contribution is 6.35. The summed E-state index contributed by atoms with van der Waals surface area (Å²) in [5.41, 5.74) is 3.92. The molecule has 3 heteroatoms. The third-order valence-corrected chi connectivity index (χ3v) is 3.90. The first-order valence-electron chi connectivity index (χ1n) is 5.75. The quantitative estimate of drug-likeness (QED) is 0.780. The number of aryl methyl sites for hydroxylation is 1. The Hall–Kier alpha value is -0.990. The molecular weight excluding hydrogens is 220 g/mol. The molecule has 2 nitrogen and oxygen atoms in total. The van der Waals surface area contributed by atoms with E-state index in [2.05, 4.69) is 16.4 Å². The van der Waals surface area contributed by atoms with Gasteiger partial charge in [-0.1, -0.05) is 23.7 Å². The van der Waals surface area contributed by atoms with Crippen LogP contribution in [-0.2, 0) is 12.8 Å². The SMILES string of the molecule is CNC1CCc2[nH]c3c(Cl)cccc3c2C1. The van der Waals surface area contributed by atoms with Crippen molar-refractivity contribution in [3.05, 3.63) is 34.5 Å². The van der Waals surface area contributed by atoms with Gasteiger partial charge in [-0.2, -0.15) is 0 Å². The molecule has 1 aromatic heterocycles. The molecule has 0 aliphatic heterocycles. The van der Waals surface area contributed by atoms with Gasteiger partial charge in [-0.15, -0.1) is 0 Å². The van der Waals surface area contributed by atoms with Crippen molar-refractivity contribution in [2.75, 3.05) is 7.05 Å². The Labute approximate surface area is 100.0 Å². The zero-order valence-electron chi connectivity index (χ0n) is 9.31. The van der Waals surface area contributed by atoms with Gasteiger partial charge in [0.25, 0.3) is 0 Å². The van der Waals surface area contributed by atoms with Crippen LogP contribution in [0.5, 0.6) is 0 Å². The molecule has 0 saturated carbocycles. The summed E-state index contributed by atoms with van der Waals surface area (Å²) < 4.78 is 0. The number of likely N-dealkylation sites (N-methyl/N-ethyl adjacent to an activating group) is 1. The maximum atomic E-state index is 6.20. The highest BCUT2D eigenvalue weighted by Crippen LogP contribution is 2.32. The molecule has 0 spiro atoms. The Bertz CT molecular complexity index is 530. The third-order valence-electron chi connectivity index (χ3n) is 3.58. The van der Waals surface area contributed by atoms with E-state index in [1.165, 1.54) is 23.1 Å². The van der Waals surface area contributed by atoms with E-state index in [1.54, 1.807) is 0 Å². The Balaban J connectivity index is 2.18. The second-order valence-corrected chi connectivity index (χ2v) is 4.88. The number of hydrogen-bond acceptors (Lipinski definition) is 1. The zero-order chi connectivity index (χ0) is 11.1. The Morgan fingerprint density at radius 2 is 2.31 bits per heavy atom. The molecule has 1 aliphatic carbocycles. The first-order valence-corrected chi connectivity index (χ1v) is 6.12. The summed E-state index contributed by atoms with van der Waals surface area (Å²) in [7, 11) is 2.04. The number of fused-ring (bicyclic) bond motifs is 3. The summed E-state index contributed by atoms with van der Waals surface area (Å²) >= 11 is 6.20. The average Bonchev–Trinajstić information content (AvgIpc) is 2.68. The van der Waals surface area contributed by atoms with E-state index in [1.807, 2.05) is 19.2 Å². The molecule has 16 heavy (non-hydrogen) atoms. The maximum Gasteiger partial charge on any atom is 0.0648 e. The van der Waals surface area contributed by atoms with Crippen LogP contribution in [0.3, 0.4) is 0 Å². The number of nitrogens with one attached hydrogen (secondary N) is 2. The molecular formula is C13H15ClN2.